The molecule has 2 fully saturated rings. The minimum atomic E-state index is 0.433. The number of Topliss-reactive ketones (excluding diaryl/α,β-unsaturated/α-hetero) is 1. The van der Waals surface area contributed by atoms with Crippen molar-refractivity contribution in [2.24, 2.45) is 23.7 Å². The topological polar surface area (TPSA) is 17.1 Å². The Labute approximate surface area is 68.2 Å². The fraction of sp³-hybridized carbons (Fsp3) is 0.900. The molecule has 0 unspecified atom stereocenters. The van der Waals surface area contributed by atoms with Crippen molar-refractivity contribution in [2.75, 3.05) is 0 Å². The molecular weight excluding hydrogens is 136 g/mol. The molecule has 11 heavy (non-hydrogen) atoms. The van der Waals surface area contributed by atoms with Crippen LogP contribution in [0.3, 0.4) is 0 Å². The molecule has 0 aromatic heterocycles. The Bertz CT molecular complexity index is 183. The van der Waals surface area contributed by atoms with E-state index in [9.17, 15) is 4.79 Å². The summed E-state index contributed by atoms with van der Waals surface area (Å²) < 4.78 is 0. The predicted octanol–water partition coefficient (Wildman–Crippen LogP) is 2.26. The van der Waals surface area contributed by atoms with Crippen molar-refractivity contribution in [1.82, 2.24) is 0 Å². The van der Waals surface area contributed by atoms with Gasteiger partial charge in [-0.1, -0.05) is 20.3 Å². The van der Waals surface area contributed by atoms with Gasteiger partial charge < -0.3 is 0 Å². The molecule has 0 aliphatic heterocycles. The van der Waals surface area contributed by atoms with Crippen LogP contribution in [0, 0.1) is 23.7 Å². The largest absolute Gasteiger partial charge is 0.299 e. The van der Waals surface area contributed by atoms with Crippen molar-refractivity contribution in [3.63, 3.8) is 0 Å². The van der Waals surface area contributed by atoms with Gasteiger partial charge in [-0.3, -0.25) is 4.79 Å². The van der Waals surface area contributed by atoms with Gasteiger partial charge >= 0.3 is 0 Å². The lowest BCUT2D eigenvalue weighted by Gasteiger charge is -2.41. The van der Waals surface area contributed by atoms with Crippen LogP contribution in [0.1, 0.15) is 33.1 Å². The molecule has 0 saturated heterocycles. The first-order valence-electron chi connectivity index (χ1n) is 4.75. The Morgan fingerprint density at radius 1 is 1.36 bits per heavy atom. The Morgan fingerprint density at radius 3 is 2.73 bits per heavy atom. The fourth-order valence-corrected chi connectivity index (χ4v) is 2.93. The van der Waals surface area contributed by atoms with Crippen molar-refractivity contribution in [3.8, 4) is 0 Å². The molecule has 2 aliphatic carbocycles. The molecular formula is C10H16O. The van der Waals surface area contributed by atoms with Crippen LogP contribution >= 0.6 is 0 Å². The van der Waals surface area contributed by atoms with E-state index in [2.05, 4.69) is 13.8 Å². The Morgan fingerprint density at radius 2 is 2.09 bits per heavy atom. The molecule has 1 nitrogen and oxygen atoms in total. The van der Waals surface area contributed by atoms with E-state index in [0.29, 0.717) is 23.5 Å². The Kier molecular flexibility index (Phi) is 1.55. The predicted molar refractivity (Wildman–Crippen MR) is 44.2 cm³/mol. The van der Waals surface area contributed by atoms with Gasteiger partial charge in [-0.05, 0) is 24.7 Å². The molecule has 0 N–H and O–H groups in total. The van der Waals surface area contributed by atoms with Gasteiger partial charge in [0.15, 0.2) is 0 Å². The van der Waals surface area contributed by atoms with Crippen molar-refractivity contribution in [2.45, 2.75) is 33.1 Å². The zero-order valence-electron chi connectivity index (χ0n) is 7.34. The van der Waals surface area contributed by atoms with Crippen LogP contribution in [0.2, 0.25) is 0 Å². The molecule has 62 valence electrons. The van der Waals surface area contributed by atoms with E-state index in [1.54, 1.807) is 0 Å². The lowest BCUT2D eigenvalue weighted by molar-refractivity contribution is -0.143. The standard InChI is InChI=1S/C10H16O/c1-6(2)9-7-4-3-5-8(7)10(9)11/h6-9H,3-5H2,1-2H3/t7-,8+,9+/m1/s1. The molecule has 2 rings (SSSR count). The van der Waals surface area contributed by atoms with E-state index in [1.807, 2.05) is 0 Å². The van der Waals surface area contributed by atoms with Gasteiger partial charge in [-0.15, -0.1) is 0 Å². The summed E-state index contributed by atoms with van der Waals surface area (Å²) in [6, 6.07) is 0. The lowest BCUT2D eigenvalue weighted by Crippen LogP contribution is -2.46. The van der Waals surface area contributed by atoms with E-state index in [4.69, 9.17) is 0 Å². The monoisotopic (exact) mass is 152 g/mol. The van der Waals surface area contributed by atoms with Crippen molar-refractivity contribution >= 4 is 5.78 Å². The summed E-state index contributed by atoms with van der Waals surface area (Å²) in [4.78, 5) is 11.5. The normalized spacial score (nSPS) is 42.5. The maximum absolute atomic E-state index is 11.5. The fourth-order valence-electron chi connectivity index (χ4n) is 2.93. The number of carbonyl (C=O) groups excluding carboxylic acids is 1. The molecule has 0 aromatic rings. The highest BCUT2D eigenvalue weighted by Crippen LogP contribution is 2.50. The molecule has 0 heterocycles. The van der Waals surface area contributed by atoms with Crippen LogP contribution in [-0.2, 0) is 4.79 Å². The van der Waals surface area contributed by atoms with Crippen molar-refractivity contribution in [1.29, 1.82) is 0 Å². The third kappa shape index (κ3) is 0.863. The molecule has 2 saturated carbocycles. The van der Waals surface area contributed by atoms with Gasteiger partial charge in [-0.2, -0.15) is 0 Å². The zero-order chi connectivity index (χ0) is 8.01. The summed E-state index contributed by atoms with van der Waals surface area (Å²) in [5.74, 6) is 2.86. The number of rotatable bonds is 1. The molecule has 1 heteroatoms. The van der Waals surface area contributed by atoms with Crippen LogP contribution in [-0.4, -0.2) is 5.78 Å². The summed E-state index contributed by atoms with van der Waals surface area (Å²) in [7, 11) is 0. The van der Waals surface area contributed by atoms with Gasteiger partial charge in [0.2, 0.25) is 0 Å². The highest BCUT2D eigenvalue weighted by atomic mass is 16.1. The van der Waals surface area contributed by atoms with Gasteiger partial charge in [-0.25, -0.2) is 0 Å². The first-order valence-corrected chi connectivity index (χ1v) is 4.75. The Balaban J connectivity index is 2.09. The molecule has 2 aliphatic rings. The van der Waals surface area contributed by atoms with Gasteiger partial charge in [0, 0.05) is 11.8 Å². The summed E-state index contributed by atoms with van der Waals surface area (Å²) >= 11 is 0. The van der Waals surface area contributed by atoms with Crippen LogP contribution in [0.15, 0.2) is 0 Å². The van der Waals surface area contributed by atoms with E-state index in [0.717, 1.165) is 5.92 Å². The highest BCUT2D eigenvalue weighted by Gasteiger charge is 2.52. The lowest BCUT2D eigenvalue weighted by atomic mass is 9.61. The van der Waals surface area contributed by atoms with Gasteiger partial charge in [0.05, 0.1) is 0 Å². The van der Waals surface area contributed by atoms with Gasteiger partial charge in [0.1, 0.15) is 5.78 Å². The number of ketones is 1. The second-order valence-corrected chi connectivity index (χ2v) is 4.37. The number of hydrogen-bond donors (Lipinski definition) is 0. The van der Waals surface area contributed by atoms with Crippen LogP contribution < -0.4 is 0 Å². The summed E-state index contributed by atoms with van der Waals surface area (Å²) in [6.45, 7) is 4.36. The van der Waals surface area contributed by atoms with Gasteiger partial charge in [0.25, 0.3) is 0 Å². The maximum atomic E-state index is 11.5. The Hall–Kier alpha value is -0.330. The van der Waals surface area contributed by atoms with E-state index >= 15 is 0 Å². The minimum Gasteiger partial charge on any atom is -0.299 e. The molecule has 0 bridgehead atoms. The quantitative estimate of drug-likeness (QED) is 0.563. The third-order valence-corrected chi connectivity index (χ3v) is 3.44. The highest BCUT2D eigenvalue weighted by molar-refractivity contribution is 5.90. The summed E-state index contributed by atoms with van der Waals surface area (Å²) in [6.07, 6.45) is 3.80. The smallest absolute Gasteiger partial charge is 0.139 e. The van der Waals surface area contributed by atoms with E-state index in [1.165, 1.54) is 19.3 Å². The van der Waals surface area contributed by atoms with Crippen LogP contribution in [0.4, 0.5) is 0 Å². The average molecular weight is 152 g/mol. The second-order valence-electron chi connectivity index (χ2n) is 4.37. The molecule has 0 spiro atoms. The first kappa shape index (κ1) is 7.33. The molecule has 0 amide bonds. The van der Waals surface area contributed by atoms with Crippen molar-refractivity contribution < 1.29 is 4.79 Å². The zero-order valence-corrected chi connectivity index (χ0v) is 7.34. The average Bonchev–Trinajstić information content (AvgIpc) is 2.30. The number of hydrogen-bond acceptors (Lipinski definition) is 1. The SMILES string of the molecule is CC(C)[C@@H]1C(=O)[C@H]2CCC[C@H]21. The maximum Gasteiger partial charge on any atom is 0.139 e. The van der Waals surface area contributed by atoms with Crippen LogP contribution in [0.5, 0.6) is 0 Å². The molecule has 3 atom stereocenters. The second kappa shape index (κ2) is 2.33. The molecule has 0 radical (unpaired) electrons. The minimum absolute atomic E-state index is 0.433. The molecule has 0 aromatic carbocycles. The van der Waals surface area contributed by atoms with Crippen molar-refractivity contribution in [3.05, 3.63) is 0 Å². The number of carbonyl (C=O) groups is 1. The van der Waals surface area contributed by atoms with E-state index in [-0.39, 0.29) is 0 Å². The first-order chi connectivity index (χ1) is 5.22. The van der Waals surface area contributed by atoms with Crippen LogP contribution in [0.25, 0.3) is 0 Å². The summed E-state index contributed by atoms with van der Waals surface area (Å²) in [5.41, 5.74) is 0. The number of fused-ring (bicyclic) bond motifs is 1. The third-order valence-electron chi connectivity index (χ3n) is 3.44. The van der Waals surface area contributed by atoms with E-state index < -0.39 is 0 Å². The summed E-state index contributed by atoms with van der Waals surface area (Å²) in [5, 5.41) is 0.